The van der Waals surface area contributed by atoms with E-state index in [4.69, 9.17) is 21.6 Å². The number of hydrogen-bond donors (Lipinski definition) is 1. The van der Waals surface area contributed by atoms with Gasteiger partial charge in [-0.1, -0.05) is 11.6 Å². The van der Waals surface area contributed by atoms with E-state index in [1.165, 1.54) is 18.2 Å². The molecule has 1 N–H and O–H groups in total. The van der Waals surface area contributed by atoms with Gasteiger partial charge in [0.1, 0.15) is 5.75 Å². The molecule has 1 aromatic heterocycles. The summed E-state index contributed by atoms with van der Waals surface area (Å²) in [5, 5.41) is 9.00. The fraction of sp³-hybridized carbons (Fsp3) is 0.154. The number of aromatic amines is 1. The molecule has 2 rings (SSSR count). The highest BCUT2D eigenvalue weighted by molar-refractivity contribution is 6.30. The van der Waals surface area contributed by atoms with E-state index in [0.29, 0.717) is 6.92 Å². The Morgan fingerprint density at radius 1 is 1.43 bits per heavy atom. The predicted octanol–water partition coefficient (Wildman–Crippen LogP) is 3.20. The zero-order valence-corrected chi connectivity index (χ0v) is 11.4. The number of ether oxygens (including phenoxy) is 1. The van der Waals surface area contributed by atoms with Gasteiger partial charge in [-0.15, -0.1) is 0 Å². The first-order valence-corrected chi connectivity index (χ1v) is 6.03. The van der Waals surface area contributed by atoms with Gasteiger partial charge in [0, 0.05) is 11.9 Å². The van der Waals surface area contributed by atoms with Gasteiger partial charge in [0.15, 0.2) is 5.69 Å². The summed E-state index contributed by atoms with van der Waals surface area (Å²) in [7, 11) is 0. The summed E-state index contributed by atoms with van der Waals surface area (Å²) < 4.78 is 32.1. The molecule has 0 aliphatic heterocycles. The highest BCUT2D eigenvalue weighted by Crippen LogP contribution is 2.33. The highest BCUT2D eigenvalue weighted by Gasteiger charge is 2.32. The smallest absolute Gasteiger partial charge is 0.294 e. The van der Waals surface area contributed by atoms with Gasteiger partial charge in [0.25, 0.3) is 11.5 Å². The zero-order valence-electron chi connectivity index (χ0n) is 10.7. The number of benzene rings is 1. The molecule has 0 unspecified atom stereocenters. The van der Waals surface area contributed by atoms with Crippen molar-refractivity contribution >= 4 is 11.6 Å². The molecule has 0 bridgehead atoms. The average Bonchev–Trinajstić information content (AvgIpc) is 2.39. The molecule has 21 heavy (non-hydrogen) atoms. The molecule has 5 nitrogen and oxygen atoms in total. The van der Waals surface area contributed by atoms with Crippen molar-refractivity contribution in [2.45, 2.75) is 12.8 Å². The van der Waals surface area contributed by atoms with Crippen molar-refractivity contribution in [1.29, 1.82) is 5.26 Å². The lowest BCUT2D eigenvalue weighted by molar-refractivity contribution is 0.0103. The first-order valence-electron chi connectivity index (χ1n) is 5.66. The van der Waals surface area contributed by atoms with Crippen molar-refractivity contribution < 1.29 is 13.5 Å². The van der Waals surface area contributed by atoms with Gasteiger partial charge in [-0.3, -0.25) is 4.79 Å². The summed E-state index contributed by atoms with van der Waals surface area (Å²) in [6.07, 6.45) is 0.862. The highest BCUT2D eigenvalue weighted by atomic mass is 35.5. The van der Waals surface area contributed by atoms with Crippen molar-refractivity contribution in [1.82, 2.24) is 9.97 Å². The molecule has 0 aliphatic carbocycles. The third-order valence-corrected chi connectivity index (χ3v) is 2.66. The molecule has 0 amide bonds. The Kier molecular flexibility index (Phi) is 3.91. The molecule has 0 fully saturated rings. The summed E-state index contributed by atoms with van der Waals surface area (Å²) in [5.74, 6) is -4.01. The Labute approximate surface area is 122 Å². The summed E-state index contributed by atoms with van der Waals surface area (Å²) in [4.78, 5) is 17.3. The molecule has 8 heteroatoms. The van der Waals surface area contributed by atoms with Crippen LogP contribution in [0.4, 0.5) is 8.78 Å². The second kappa shape index (κ2) is 5.50. The number of nitrogens with zero attached hydrogens (tertiary/aromatic N) is 2. The molecular weight excluding hydrogens is 304 g/mol. The van der Waals surface area contributed by atoms with Crippen LogP contribution < -0.4 is 10.3 Å². The molecule has 108 valence electrons. The molecule has 0 saturated carbocycles. The van der Waals surface area contributed by atoms with E-state index in [0.717, 1.165) is 6.33 Å². The van der Waals surface area contributed by atoms with Gasteiger partial charge >= 0.3 is 0 Å². The second-order valence-corrected chi connectivity index (χ2v) is 4.62. The maximum Gasteiger partial charge on any atom is 0.294 e. The normalized spacial score (nSPS) is 11.0. The quantitative estimate of drug-likeness (QED) is 0.944. The molecule has 0 atom stereocenters. The van der Waals surface area contributed by atoms with Crippen molar-refractivity contribution in [3.8, 4) is 17.6 Å². The third-order valence-electron chi connectivity index (χ3n) is 2.45. The summed E-state index contributed by atoms with van der Waals surface area (Å²) in [6, 6.07) is 5.78. The van der Waals surface area contributed by atoms with E-state index >= 15 is 0 Å². The van der Waals surface area contributed by atoms with Gasteiger partial charge in [0.05, 0.1) is 18.0 Å². The second-order valence-electron chi connectivity index (χ2n) is 4.19. The lowest BCUT2D eigenvalue weighted by Gasteiger charge is -2.14. The van der Waals surface area contributed by atoms with Crippen LogP contribution in [0.2, 0.25) is 5.02 Å². The number of nitrogens with one attached hydrogen (secondary N) is 1. The molecule has 2 aromatic rings. The average molecular weight is 312 g/mol. The number of hydrogen-bond acceptors (Lipinski definition) is 4. The number of H-pyrrole nitrogens is 1. The van der Waals surface area contributed by atoms with Crippen LogP contribution >= 0.6 is 11.6 Å². The fourth-order valence-corrected chi connectivity index (χ4v) is 1.82. The van der Waals surface area contributed by atoms with Gasteiger partial charge in [-0.05, 0) is 18.2 Å². The number of aromatic nitrogens is 2. The number of nitriles is 1. The molecule has 0 radical (unpaired) electrons. The minimum Gasteiger partial charge on any atom is -0.449 e. The lowest BCUT2D eigenvalue weighted by Crippen LogP contribution is -2.19. The van der Waals surface area contributed by atoms with Crippen LogP contribution in [-0.2, 0) is 5.92 Å². The molecule has 0 aliphatic rings. The maximum atomic E-state index is 13.4. The lowest BCUT2D eigenvalue weighted by atomic mass is 10.2. The van der Waals surface area contributed by atoms with E-state index in [2.05, 4.69) is 9.97 Å². The minimum absolute atomic E-state index is 0.0111. The predicted molar refractivity (Wildman–Crippen MR) is 70.7 cm³/mol. The monoisotopic (exact) mass is 311 g/mol. The van der Waals surface area contributed by atoms with E-state index in [9.17, 15) is 13.6 Å². The Morgan fingerprint density at radius 2 is 2.14 bits per heavy atom. The van der Waals surface area contributed by atoms with E-state index in [1.807, 2.05) is 6.07 Å². The van der Waals surface area contributed by atoms with E-state index in [-0.39, 0.29) is 16.3 Å². The third kappa shape index (κ3) is 3.35. The van der Waals surface area contributed by atoms with Gasteiger partial charge in [-0.25, -0.2) is 4.98 Å². The van der Waals surface area contributed by atoms with Crippen LogP contribution in [0, 0.1) is 11.3 Å². The first-order chi connectivity index (χ1) is 9.81. The standard InChI is InChI=1S/C13H8ClF2N3O2/c1-13(15,16)11-10(12(20)19-6-18-11)21-9-3-7(5-17)2-8(14)4-9/h2-4,6H,1H3,(H,18,19,20). The van der Waals surface area contributed by atoms with Crippen LogP contribution in [-0.4, -0.2) is 9.97 Å². The molecule has 1 heterocycles. The SMILES string of the molecule is CC(F)(F)c1nc[nH]c(=O)c1Oc1cc(Cl)cc(C#N)c1. The van der Waals surface area contributed by atoms with Crippen molar-refractivity contribution in [3.63, 3.8) is 0 Å². The van der Waals surface area contributed by atoms with Crippen molar-refractivity contribution in [2.24, 2.45) is 0 Å². The number of halogens is 3. The van der Waals surface area contributed by atoms with Crippen molar-refractivity contribution in [3.05, 3.63) is 51.2 Å². The van der Waals surface area contributed by atoms with E-state index < -0.39 is 22.9 Å². The molecule has 1 aromatic carbocycles. The summed E-state index contributed by atoms with van der Waals surface area (Å²) >= 11 is 5.78. The molecule has 0 saturated heterocycles. The Balaban J connectivity index is 2.53. The molecule has 0 spiro atoms. The van der Waals surface area contributed by atoms with Crippen LogP contribution in [0.1, 0.15) is 18.2 Å². The minimum atomic E-state index is -3.36. The first kappa shape index (κ1) is 14.9. The Morgan fingerprint density at radius 3 is 2.76 bits per heavy atom. The van der Waals surface area contributed by atoms with E-state index in [1.54, 1.807) is 0 Å². The van der Waals surface area contributed by atoms with Crippen LogP contribution in [0.5, 0.6) is 11.5 Å². The zero-order chi connectivity index (χ0) is 15.6. The van der Waals surface area contributed by atoms with Gasteiger partial charge < -0.3 is 9.72 Å². The number of alkyl halides is 2. The molecular formula is C13H8ClF2N3O2. The van der Waals surface area contributed by atoms with Gasteiger partial charge in [-0.2, -0.15) is 14.0 Å². The summed E-state index contributed by atoms with van der Waals surface area (Å²) in [5.41, 5.74) is -1.49. The van der Waals surface area contributed by atoms with Gasteiger partial charge in [0.2, 0.25) is 5.75 Å². The van der Waals surface area contributed by atoms with Crippen LogP contribution in [0.25, 0.3) is 0 Å². The van der Waals surface area contributed by atoms with Crippen LogP contribution in [0.3, 0.4) is 0 Å². The van der Waals surface area contributed by atoms with Crippen molar-refractivity contribution in [2.75, 3.05) is 0 Å². The fourth-order valence-electron chi connectivity index (χ4n) is 1.60. The topological polar surface area (TPSA) is 78.8 Å². The Bertz CT molecular complexity index is 778. The maximum absolute atomic E-state index is 13.4. The number of rotatable bonds is 3. The Hall–Kier alpha value is -2.46. The largest absolute Gasteiger partial charge is 0.449 e. The summed E-state index contributed by atoms with van der Waals surface area (Å²) in [6.45, 7) is 0.598. The van der Waals surface area contributed by atoms with Crippen LogP contribution in [0.15, 0.2) is 29.3 Å².